The predicted molar refractivity (Wildman–Crippen MR) is 63.2 cm³/mol. The highest BCUT2D eigenvalue weighted by Gasteiger charge is 2.29. The SMILES string of the molecule is CC1(Nc2ncc(F)cc2C(=O)O)CCCOC1. The van der Waals surface area contributed by atoms with Crippen LogP contribution in [0, 0.1) is 5.82 Å². The monoisotopic (exact) mass is 254 g/mol. The minimum atomic E-state index is -1.20. The average Bonchev–Trinajstić information content (AvgIpc) is 2.32. The molecular formula is C12H15FN2O3. The van der Waals surface area contributed by atoms with Crippen molar-refractivity contribution in [3.05, 3.63) is 23.6 Å². The second kappa shape index (κ2) is 4.89. The first-order chi connectivity index (χ1) is 8.50. The van der Waals surface area contributed by atoms with Crippen molar-refractivity contribution in [1.29, 1.82) is 0 Å². The van der Waals surface area contributed by atoms with Gasteiger partial charge in [-0.3, -0.25) is 0 Å². The fourth-order valence-electron chi connectivity index (χ4n) is 2.02. The van der Waals surface area contributed by atoms with Gasteiger partial charge in [-0.1, -0.05) is 0 Å². The summed E-state index contributed by atoms with van der Waals surface area (Å²) in [4.78, 5) is 14.9. The third-order valence-corrected chi connectivity index (χ3v) is 2.94. The summed E-state index contributed by atoms with van der Waals surface area (Å²) in [6, 6.07) is 0.963. The molecule has 18 heavy (non-hydrogen) atoms. The number of carbonyl (C=O) groups is 1. The molecule has 0 aromatic carbocycles. The number of hydrogen-bond donors (Lipinski definition) is 2. The van der Waals surface area contributed by atoms with Crippen molar-refractivity contribution in [3.63, 3.8) is 0 Å². The van der Waals surface area contributed by atoms with Crippen LogP contribution < -0.4 is 5.32 Å². The van der Waals surface area contributed by atoms with E-state index in [0.717, 1.165) is 25.1 Å². The molecule has 0 aliphatic carbocycles. The highest BCUT2D eigenvalue weighted by atomic mass is 19.1. The van der Waals surface area contributed by atoms with Crippen molar-refractivity contribution >= 4 is 11.8 Å². The summed E-state index contributed by atoms with van der Waals surface area (Å²) in [6.07, 6.45) is 2.75. The summed E-state index contributed by atoms with van der Waals surface area (Å²) < 4.78 is 18.4. The first kappa shape index (κ1) is 12.8. The summed E-state index contributed by atoms with van der Waals surface area (Å²) >= 11 is 0. The van der Waals surface area contributed by atoms with Gasteiger partial charge < -0.3 is 15.2 Å². The number of halogens is 1. The van der Waals surface area contributed by atoms with Crippen molar-refractivity contribution in [2.45, 2.75) is 25.3 Å². The number of carboxylic acid groups (broad SMARTS) is 1. The van der Waals surface area contributed by atoms with Gasteiger partial charge in [0.25, 0.3) is 0 Å². The molecule has 1 unspecified atom stereocenters. The van der Waals surface area contributed by atoms with E-state index in [1.807, 2.05) is 6.92 Å². The molecule has 98 valence electrons. The molecule has 6 heteroatoms. The van der Waals surface area contributed by atoms with Gasteiger partial charge in [0.05, 0.1) is 18.3 Å². The van der Waals surface area contributed by atoms with Crippen LogP contribution in [-0.4, -0.2) is 34.8 Å². The van der Waals surface area contributed by atoms with Gasteiger partial charge in [0, 0.05) is 6.61 Å². The molecule has 1 aliphatic heterocycles. The summed E-state index contributed by atoms with van der Waals surface area (Å²) in [6.45, 7) is 3.12. The van der Waals surface area contributed by atoms with Gasteiger partial charge in [0.2, 0.25) is 0 Å². The molecule has 2 rings (SSSR count). The number of aromatic nitrogens is 1. The molecule has 1 fully saturated rings. The largest absolute Gasteiger partial charge is 0.478 e. The van der Waals surface area contributed by atoms with E-state index in [2.05, 4.69) is 10.3 Å². The van der Waals surface area contributed by atoms with Gasteiger partial charge in [0.15, 0.2) is 0 Å². The van der Waals surface area contributed by atoms with E-state index in [4.69, 9.17) is 9.84 Å². The van der Waals surface area contributed by atoms with Crippen LogP contribution in [0.2, 0.25) is 0 Å². The van der Waals surface area contributed by atoms with Crippen LogP contribution >= 0.6 is 0 Å². The molecular weight excluding hydrogens is 239 g/mol. The Morgan fingerprint density at radius 3 is 3.06 bits per heavy atom. The molecule has 0 amide bonds. The Bertz CT molecular complexity index is 459. The third-order valence-electron chi connectivity index (χ3n) is 2.94. The van der Waals surface area contributed by atoms with E-state index < -0.39 is 11.8 Å². The Balaban J connectivity index is 2.25. The number of nitrogens with zero attached hydrogens (tertiary/aromatic N) is 1. The summed E-state index contributed by atoms with van der Waals surface area (Å²) in [5.74, 6) is -1.69. The molecule has 0 spiro atoms. The lowest BCUT2D eigenvalue weighted by Gasteiger charge is -2.35. The fourth-order valence-corrected chi connectivity index (χ4v) is 2.02. The molecule has 0 radical (unpaired) electrons. The zero-order valence-electron chi connectivity index (χ0n) is 10.1. The summed E-state index contributed by atoms with van der Waals surface area (Å²) in [5.41, 5.74) is -0.533. The molecule has 2 heterocycles. The maximum Gasteiger partial charge on any atom is 0.339 e. The van der Waals surface area contributed by atoms with Gasteiger partial charge in [-0.2, -0.15) is 0 Å². The van der Waals surface area contributed by atoms with Crippen LogP contribution in [0.1, 0.15) is 30.1 Å². The number of ether oxygens (including phenoxy) is 1. The zero-order chi connectivity index (χ0) is 13.2. The zero-order valence-corrected chi connectivity index (χ0v) is 10.1. The molecule has 1 atom stereocenters. The smallest absolute Gasteiger partial charge is 0.339 e. The molecule has 2 N–H and O–H groups in total. The van der Waals surface area contributed by atoms with E-state index in [-0.39, 0.29) is 16.9 Å². The maximum atomic E-state index is 13.0. The Morgan fingerprint density at radius 1 is 1.67 bits per heavy atom. The standard InChI is InChI=1S/C12H15FN2O3/c1-12(3-2-4-18-7-12)15-10-9(11(16)17)5-8(13)6-14-10/h5-6H,2-4,7H2,1H3,(H,14,15)(H,16,17). The number of pyridine rings is 1. The molecule has 1 aromatic heterocycles. The summed E-state index contributed by atoms with van der Waals surface area (Å²) in [7, 11) is 0. The van der Waals surface area contributed by atoms with Gasteiger partial charge in [0.1, 0.15) is 17.2 Å². The number of hydrogen-bond acceptors (Lipinski definition) is 4. The molecule has 1 aromatic rings. The minimum absolute atomic E-state index is 0.165. The van der Waals surface area contributed by atoms with E-state index in [9.17, 15) is 9.18 Å². The molecule has 1 saturated heterocycles. The van der Waals surface area contributed by atoms with Gasteiger partial charge in [-0.05, 0) is 25.8 Å². The second-order valence-electron chi connectivity index (χ2n) is 4.70. The maximum absolute atomic E-state index is 13.0. The van der Waals surface area contributed by atoms with E-state index >= 15 is 0 Å². The second-order valence-corrected chi connectivity index (χ2v) is 4.70. The highest BCUT2D eigenvalue weighted by molar-refractivity contribution is 5.93. The van der Waals surface area contributed by atoms with Crippen molar-refractivity contribution in [2.75, 3.05) is 18.5 Å². The van der Waals surface area contributed by atoms with Crippen LogP contribution in [0.25, 0.3) is 0 Å². The first-order valence-electron chi connectivity index (χ1n) is 5.75. The molecule has 0 bridgehead atoms. The van der Waals surface area contributed by atoms with Crippen molar-refractivity contribution < 1.29 is 19.0 Å². The Kier molecular flexibility index (Phi) is 3.47. The summed E-state index contributed by atoms with van der Waals surface area (Å²) in [5, 5.41) is 12.1. The predicted octanol–water partition coefficient (Wildman–Crippen LogP) is 1.90. The van der Waals surface area contributed by atoms with Crippen molar-refractivity contribution in [3.8, 4) is 0 Å². The van der Waals surface area contributed by atoms with Crippen LogP contribution in [-0.2, 0) is 4.74 Å². The quantitative estimate of drug-likeness (QED) is 0.862. The van der Waals surface area contributed by atoms with Crippen molar-refractivity contribution in [1.82, 2.24) is 4.98 Å². The third kappa shape index (κ3) is 2.76. The lowest BCUT2D eigenvalue weighted by atomic mass is 9.94. The Labute approximate surface area is 104 Å². The topological polar surface area (TPSA) is 71.5 Å². The van der Waals surface area contributed by atoms with Gasteiger partial charge in [-0.25, -0.2) is 14.2 Å². The van der Waals surface area contributed by atoms with E-state index in [0.29, 0.717) is 13.2 Å². The molecule has 1 aliphatic rings. The number of carboxylic acids is 1. The number of anilines is 1. The molecule has 0 saturated carbocycles. The first-order valence-corrected chi connectivity index (χ1v) is 5.75. The van der Waals surface area contributed by atoms with Gasteiger partial charge >= 0.3 is 5.97 Å². The van der Waals surface area contributed by atoms with Gasteiger partial charge in [-0.15, -0.1) is 0 Å². The van der Waals surface area contributed by atoms with E-state index in [1.165, 1.54) is 0 Å². The average molecular weight is 254 g/mol. The Morgan fingerprint density at radius 2 is 2.44 bits per heavy atom. The van der Waals surface area contributed by atoms with Crippen LogP contribution in [0.15, 0.2) is 12.3 Å². The lowest BCUT2D eigenvalue weighted by molar-refractivity contribution is 0.0536. The van der Waals surface area contributed by atoms with Crippen molar-refractivity contribution in [2.24, 2.45) is 0 Å². The van der Waals surface area contributed by atoms with Crippen LogP contribution in [0.5, 0.6) is 0 Å². The lowest BCUT2D eigenvalue weighted by Crippen LogP contribution is -2.43. The normalized spacial score (nSPS) is 23.7. The number of rotatable bonds is 3. The Hall–Kier alpha value is -1.69. The highest BCUT2D eigenvalue weighted by Crippen LogP contribution is 2.25. The molecule has 5 nitrogen and oxygen atoms in total. The van der Waals surface area contributed by atoms with Crippen LogP contribution in [0.3, 0.4) is 0 Å². The van der Waals surface area contributed by atoms with Crippen LogP contribution in [0.4, 0.5) is 10.2 Å². The number of aromatic carboxylic acids is 1. The number of nitrogens with one attached hydrogen (secondary N) is 1. The fraction of sp³-hybridized carbons (Fsp3) is 0.500. The van der Waals surface area contributed by atoms with E-state index in [1.54, 1.807) is 0 Å². The minimum Gasteiger partial charge on any atom is -0.478 e.